The lowest BCUT2D eigenvalue weighted by molar-refractivity contribution is -0.119. The topological polar surface area (TPSA) is 131 Å². The molecule has 0 radical (unpaired) electrons. The molecule has 3 heterocycles. The number of hydrogen-bond acceptors (Lipinski definition) is 6. The van der Waals surface area contributed by atoms with Crippen LogP contribution in [0.5, 0.6) is 0 Å². The number of halogens is 2. The van der Waals surface area contributed by atoms with Gasteiger partial charge in [0.2, 0.25) is 11.8 Å². The Morgan fingerprint density at radius 2 is 1.95 bits per heavy atom. The van der Waals surface area contributed by atoms with Gasteiger partial charge in [-0.2, -0.15) is 0 Å². The van der Waals surface area contributed by atoms with E-state index in [0.717, 1.165) is 11.1 Å². The van der Waals surface area contributed by atoms with Crippen LogP contribution in [0.2, 0.25) is 5.02 Å². The number of nitrogens with zero attached hydrogens (tertiary/aromatic N) is 4. The first-order chi connectivity index (χ1) is 20.1. The fourth-order valence-corrected chi connectivity index (χ4v) is 5.12. The SMILES string of the molecule is CC(=O)Nc1ccc2c(c1)NC(=O)[C@H](C)CCC[C@H](NC(=O)c1nnn(-c3cccc(Cl)c3F)c1C)c1cc-2ccn1. The summed E-state index contributed by atoms with van der Waals surface area (Å²) in [6.45, 7) is 4.89. The second-order valence-electron chi connectivity index (χ2n) is 10.3. The molecule has 2 atom stereocenters. The summed E-state index contributed by atoms with van der Waals surface area (Å²) >= 11 is 5.94. The Labute approximate surface area is 246 Å². The Balaban J connectivity index is 1.49. The number of amides is 3. The van der Waals surface area contributed by atoms with Gasteiger partial charge >= 0.3 is 0 Å². The van der Waals surface area contributed by atoms with Gasteiger partial charge in [0.05, 0.1) is 28.1 Å². The number of carbonyl (C=O) groups excluding carboxylic acids is 3. The zero-order valence-electron chi connectivity index (χ0n) is 23.2. The zero-order chi connectivity index (χ0) is 30.0. The van der Waals surface area contributed by atoms with Gasteiger partial charge in [-0.05, 0) is 61.7 Å². The van der Waals surface area contributed by atoms with Gasteiger partial charge < -0.3 is 16.0 Å². The van der Waals surface area contributed by atoms with Crippen LogP contribution in [0.4, 0.5) is 15.8 Å². The maximum absolute atomic E-state index is 14.7. The van der Waals surface area contributed by atoms with Gasteiger partial charge in [-0.15, -0.1) is 5.10 Å². The fourth-order valence-electron chi connectivity index (χ4n) is 4.95. The summed E-state index contributed by atoms with van der Waals surface area (Å²) < 4.78 is 15.9. The molecule has 5 rings (SSSR count). The number of fused-ring (bicyclic) bond motifs is 4. The van der Waals surface area contributed by atoms with E-state index < -0.39 is 17.8 Å². The van der Waals surface area contributed by atoms with Crippen LogP contribution in [-0.4, -0.2) is 37.7 Å². The van der Waals surface area contributed by atoms with Crippen LogP contribution in [-0.2, 0) is 9.59 Å². The molecule has 42 heavy (non-hydrogen) atoms. The van der Waals surface area contributed by atoms with Gasteiger partial charge in [0.15, 0.2) is 11.5 Å². The van der Waals surface area contributed by atoms with E-state index in [1.165, 1.54) is 23.7 Å². The van der Waals surface area contributed by atoms with Crippen LogP contribution in [0.25, 0.3) is 16.8 Å². The summed E-state index contributed by atoms with van der Waals surface area (Å²) in [5.74, 6) is -1.83. The number of nitrogens with one attached hydrogen (secondary N) is 3. The Bertz CT molecular complexity index is 1690. The summed E-state index contributed by atoms with van der Waals surface area (Å²) in [7, 11) is 0. The number of aromatic nitrogens is 4. The van der Waals surface area contributed by atoms with Gasteiger partial charge in [0.25, 0.3) is 5.91 Å². The van der Waals surface area contributed by atoms with E-state index in [1.807, 2.05) is 25.1 Å². The molecule has 10 nitrogen and oxygen atoms in total. The summed E-state index contributed by atoms with van der Waals surface area (Å²) in [6.07, 6.45) is 3.37. The van der Waals surface area contributed by atoms with E-state index in [2.05, 4.69) is 31.2 Å². The molecule has 0 unspecified atom stereocenters. The lowest BCUT2D eigenvalue weighted by Gasteiger charge is -2.22. The molecule has 1 aliphatic rings. The highest BCUT2D eigenvalue weighted by Crippen LogP contribution is 2.34. The normalized spacial score (nSPS) is 16.8. The molecular weight excluding hydrogens is 561 g/mol. The molecule has 2 aromatic carbocycles. The molecule has 216 valence electrons. The Kier molecular flexibility index (Phi) is 8.30. The minimum atomic E-state index is -0.665. The van der Waals surface area contributed by atoms with Crippen LogP contribution in [0.15, 0.2) is 54.7 Å². The summed E-state index contributed by atoms with van der Waals surface area (Å²) in [5.41, 5.74) is 3.72. The van der Waals surface area contributed by atoms with Crippen molar-refractivity contribution in [1.29, 1.82) is 0 Å². The van der Waals surface area contributed by atoms with Crippen molar-refractivity contribution in [2.24, 2.45) is 5.92 Å². The number of pyridine rings is 1. The van der Waals surface area contributed by atoms with Crippen molar-refractivity contribution in [2.75, 3.05) is 10.6 Å². The zero-order valence-corrected chi connectivity index (χ0v) is 24.0. The van der Waals surface area contributed by atoms with Gasteiger partial charge in [0, 0.05) is 30.3 Å². The van der Waals surface area contributed by atoms with Crippen molar-refractivity contribution in [3.8, 4) is 16.8 Å². The summed E-state index contributed by atoms with van der Waals surface area (Å²) in [6, 6.07) is 13.0. The van der Waals surface area contributed by atoms with Crippen molar-refractivity contribution < 1.29 is 18.8 Å². The molecule has 2 aromatic heterocycles. The van der Waals surface area contributed by atoms with E-state index >= 15 is 0 Å². The summed E-state index contributed by atoms with van der Waals surface area (Å²) in [4.78, 5) is 42.7. The van der Waals surface area contributed by atoms with Gasteiger partial charge in [0.1, 0.15) is 5.69 Å². The molecule has 0 aliphatic carbocycles. The lowest BCUT2D eigenvalue weighted by Crippen LogP contribution is -2.30. The summed E-state index contributed by atoms with van der Waals surface area (Å²) in [5, 5.41) is 16.7. The molecule has 2 bridgehead atoms. The third-order valence-electron chi connectivity index (χ3n) is 7.20. The van der Waals surface area contributed by atoms with Gasteiger partial charge in [-0.25, -0.2) is 9.07 Å². The Morgan fingerprint density at radius 3 is 2.74 bits per heavy atom. The number of rotatable bonds is 4. The average Bonchev–Trinajstić information content (AvgIpc) is 3.34. The van der Waals surface area contributed by atoms with Gasteiger partial charge in [-0.3, -0.25) is 19.4 Å². The average molecular weight is 590 g/mol. The van der Waals surface area contributed by atoms with Crippen molar-refractivity contribution in [3.63, 3.8) is 0 Å². The van der Waals surface area contributed by atoms with Crippen molar-refractivity contribution in [1.82, 2.24) is 25.3 Å². The van der Waals surface area contributed by atoms with Crippen LogP contribution in [0, 0.1) is 18.7 Å². The van der Waals surface area contributed by atoms with E-state index in [9.17, 15) is 18.8 Å². The Morgan fingerprint density at radius 1 is 1.14 bits per heavy atom. The minimum Gasteiger partial charge on any atom is -0.342 e. The quantitative estimate of drug-likeness (QED) is 0.283. The Hall–Kier alpha value is -4.64. The molecule has 0 spiro atoms. The molecule has 0 fully saturated rings. The van der Waals surface area contributed by atoms with E-state index in [1.54, 1.807) is 31.3 Å². The van der Waals surface area contributed by atoms with Crippen LogP contribution >= 0.6 is 11.6 Å². The third-order valence-corrected chi connectivity index (χ3v) is 7.49. The van der Waals surface area contributed by atoms with Gasteiger partial charge in [-0.1, -0.05) is 42.3 Å². The number of carbonyl (C=O) groups is 3. The predicted octanol–water partition coefficient (Wildman–Crippen LogP) is 5.62. The second-order valence-corrected chi connectivity index (χ2v) is 10.7. The predicted molar refractivity (Wildman–Crippen MR) is 157 cm³/mol. The molecule has 3 N–H and O–H groups in total. The van der Waals surface area contributed by atoms with Crippen LogP contribution < -0.4 is 16.0 Å². The van der Waals surface area contributed by atoms with Crippen molar-refractivity contribution >= 4 is 40.7 Å². The maximum Gasteiger partial charge on any atom is 0.274 e. The van der Waals surface area contributed by atoms with Crippen LogP contribution in [0.3, 0.4) is 0 Å². The van der Waals surface area contributed by atoms with Crippen LogP contribution in [0.1, 0.15) is 61.0 Å². The third kappa shape index (κ3) is 6.01. The second kappa shape index (κ2) is 12.1. The fraction of sp³-hybridized carbons (Fsp3) is 0.267. The number of hydrogen-bond donors (Lipinski definition) is 3. The van der Waals surface area contributed by atoms with Crippen molar-refractivity contribution in [3.05, 3.63) is 82.6 Å². The maximum atomic E-state index is 14.7. The van der Waals surface area contributed by atoms with E-state index in [4.69, 9.17) is 11.6 Å². The molecule has 3 amide bonds. The molecule has 4 aromatic rings. The molecule has 0 saturated carbocycles. The highest BCUT2D eigenvalue weighted by molar-refractivity contribution is 6.30. The standard InChI is InChI=1S/C30H29ClFN7O3/c1-16-6-4-8-23(35-30(42)28-17(2)39(38-37-28)26-9-5-7-22(31)27(26)32)25-14-19(12-13-33-25)21-11-10-20(34-18(3)40)15-24(21)36-29(16)41/h5,7,9-16,23H,4,6,8H2,1-3H3,(H,34,40)(H,35,42)(H,36,41)/t16-,23+/m1/s1. The first-order valence-corrected chi connectivity index (χ1v) is 13.9. The molecule has 12 heteroatoms. The largest absolute Gasteiger partial charge is 0.342 e. The number of anilines is 2. The highest BCUT2D eigenvalue weighted by Gasteiger charge is 2.25. The molecule has 1 aliphatic heterocycles. The highest BCUT2D eigenvalue weighted by atomic mass is 35.5. The van der Waals surface area contributed by atoms with E-state index in [-0.39, 0.29) is 34.1 Å². The first kappa shape index (κ1) is 28.9. The van der Waals surface area contributed by atoms with Crippen molar-refractivity contribution in [2.45, 2.75) is 46.1 Å². The lowest BCUT2D eigenvalue weighted by atomic mass is 9.95. The first-order valence-electron chi connectivity index (χ1n) is 13.5. The molecular formula is C30H29ClFN7O3. The molecule has 0 saturated heterocycles. The number of benzene rings is 2. The van der Waals surface area contributed by atoms with E-state index in [0.29, 0.717) is 42.0 Å². The smallest absolute Gasteiger partial charge is 0.274 e. The minimum absolute atomic E-state index is 0.0419. The monoisotopic (exact) mass is 589 g/mol.